The highest BCUT2D eigenvalue weighted by Gasteiger charge is 1.98. The number of rotatable bonds is 8. The van der Waals surface area contributed by atoms with E-state index in [0.717, 1.165) is 19.3 Å². The monoisotopic (exact) mass is 217 g/mol. The van der Waals surface area contributed by atoms with Gasteiger partial charge in [-0.2, -0.15) is 12.6 Å². The standard InChI is InChI=1S/C10H19NO2S/c1-2-9(12)6-4-3-5-7-11-10(13)8-14/h14H,2-8H2,1H3,(H,11,13). The Morgan fingerprint density at radius 3 is 2.50 bits per heavy atom. The first-order valence-corrected chi connectivity index (χ1v) is 5.73. The van der Waals surface area contributed by atoms with Gasteiger partial charge in [-0.1, -0.05) is 13.3 Å². The molecule has 0 spiro atoms. The molecule has 0 saturated carbocycles. The van der Waals surface area contributed by atoms with E-state index in [1.54, 1.807) is 0 Å². The lowest BCUT2D eigenvalue weighted by atomic mass is 10.1. The van der Waals surface area contributed by atoms with Crippen LogP contribution in [-0.4, -0.2) is 24.0 Å². The van der Waals surface area contributed by atoms with Gasteiger partial charge in [0.2, 0.25) is 5.91 Å². The number of carbonyl (C=O) groups is 2. The predicted molar refractivity (Wildman–Crippen MR) is 60.6 cm³/mol. The van der Waals surface area contributed by atoms with Gasteiger partial charge in [0.05, 0.1) is 5.75 Å². The topological polar surface area (TPSA) is 46.2 Å². The number of unbranched alkanes of at least 4 members (excludes halogenated alkanes) is 2. The summed E-state index contributed by atoms with van der Waals surface area (Å²) in [6.45, 7) is 2.58. The van der Waals surface area contributed by atoms with Crippen molar-refractivity contribution in [2.45, 2.75) is 39.0 Å². The fourth-order valence-electron chi connectivity index (χ4n) is 1.08. The molecule has 0 aromatic carbocycles. The molecule has 0 saturated heterocycles. The third kappa shape index (κ3) is 8.10. The van der Waals surface area contributed by atoms with E-state index in [1.165, 1.54) is 0 Å². The average molecular weight is 217 g/mol. The highest BCUT2D eigenvalue weighted by Crippen LogP contribution is 2.01. The summed E-state index contributed by atoms with van der Waals surface area (Å²) in [4.78, 5) is 21.7. The highest BCUT2D eigenvalue weighted by molar-refractivity contribution is 7.81. The van der Waals surface area contributed by atoms with E-state index in [-0.39, 0.29) is 11.7 Å². The Morgan fingerprint density at radius 2 is 1.93 bits per heavy atom. The Morgan fingerprint density at radius 1 is 1.21 bits per heavy atom. The van der Waals surface area contributed by atoms with Crippen LogP contribution in [0.5, 0.6) is 0 Å². The first-order valence-electron chi connectivity index (χ1n) is 5.10. The van der Waals surface area contributed by atoms with Gasteiger partial charge in [0.15, 0.2) is 0 Å². The molecule has 4 heteroatoms. The Hall–Kier alpha value is -0.510. The van der Waals surface area contributed by atoms with Crippen LogP contribution in [0.3, 0.4) is 0 Å². The highest BCUT2D eigenvalue weighted by atomic mass is 32.1. The molecule has 0 radical (unpaired) electrons. The number of hydrogen-bond donors (Lipinski definition) is 2. The number of Topliss-reactive ketones (excluding diaryl/α,β-unsaturated/α-hetero) is 1. The smallest absolute Gasteiger partial charge is 0.229 e. The fraction of sp³-hybridized carbons (Fsp3) is 0.800. The summed E-state index contributed by atoms with van der Waals surface area (Å²) in [6, 6.07) is 0. The Labute approximate surface area is 91.1 Å². The molecule has 0 rings (SSSR count). The molecule has 3 nitrogen and oxygen atoms in total. The van der Waals surface area contributed by atoms with Crippen molar-refractivity contribution in [2.75, 3.05) is 12.3 Å². The zero-order valence-corrected chi connectivity index (χ0v) is 9.61. The normalized spacial score (nSPS) is 9.86. The van der Waals surface area contributed by atoms with Crippen LogP contribution in [0.4, 0.5) is 0 Å². The molecule has 14 heavy (non-hydrogen) atoms. The zero-order valence-electron chi connectivity index (χ0n) is 8.71. The van der Waals surface area contributed by atoms with Crippen molar-refractivity contribution in [3.63, 3.8) is 0 Å². The summed E-state index contributed by atoms with van der Waals surface area (Å²) in [7, 11) is 0. The summed E-state index contributed by atoms with van der Waals surface area (Å²) in [6.07, 6.45) is 4.19. The number of amides is 1. The molecule has 0 aromatic heterocycles. The molecule has 0 fully saturated rings. The largest absolute Gasteiger partial charge is 0.355 e. The SMILES string of the molecule is CCC(=O)CCCCCNC(=O)CS. The lowest BCUT2D eigenvalue weighted by Crippen LogP contribution is -2.25. The summed E-state index contributed by atoms with van der Waals surface area (Å²) in [5.74, 6) is 0.538. The van der Waals surface area contributed by atoms with Crippen LogP contribution >= 0.6 is 12.6 Å². The maximum atomic E-state index is 10.9. The minimum Gasteiger partial charge on any atom is -0.355 e. The summed E-state index contributed by atoms with van der Waals surface area (Å²) < 4.78 is 0. The lowest BCUT2D eigenvalue weighted by Gasteiger charge is -2.02. The maximum Gasteiger partial charge on any atom is 0.229 e. The van der Waals surface area contributed by atoms with Crippen LogP contribution in [0, 0.1) is 0 Å². The molecule has 82 valence electrons. The van der Waals surface area contributed by atoms with Crippen LogP contribution in [0.2, 0.25) is 0 Å². The van der Waals surface area contributed by atoms with Crippen molar-refractivity contribution >= 4 is 24.3 Å². The van der Waals surface area contributed by atoms with Crippen LogP contribution in [0.15, 0.2) is 0 Å². The van der Waals surface area contributed by atoms with Gasteiger partial charge in [-0.05, 0) is 12.8 Å². The number of hydrogen-bond acceptors (Lipinski definition) is 3. The van der Waals surface area contributed by atoms with Gasteiger partial charge in [0.25, 0.3) is 0 Å². The van der Waals surface area contributed by atoms with E-state index >= 15 is 0 Å². The van der Waals surface area contributed by atoms with E-state index in [4.69, 9.17) is 0 Å². The van der Waals surface area contributed by atoms with Gasteiger partial charge < -0.3 is 5.32 Å². The first-order chi connectivity index (χ1) is 6.70. The Balaban J connectivity index is 3.14. The average Bonchev–Trinajstić information content (AvgIpc) is 2.22. The van der Waals surface area contributed by atoms with Gasteiger partial charge in [-0.25, -0.2) is 0 Å². The zero-order chi connectivity index (χ0) is 10.8. The van der Waals surface area contributed by atoms with Crippen LogP contribution in [-0.2, 0) is 9.59 Å². The van der Waals surface area contributed by atoms with Crippen LogP contribution < -0.4 is 5.32 Å². The summed E-state index contributed by atoms with van der Waals surface area (Å²) in [5, 5.41) is 2.73. The molecular weight excluding hydrogens is 198 g/mol. The van der Waals surface area contributed by atoms with E-state index in [9.17, 15) is 9.59 Å². The molecule has 0 aromatic rings. The first kappa shape index (κ1) is 13.5. The van der Waals surface area contributed by atoms with Crippen molar-refractivity contribution in [1.82, 2.24) is 5.32 Å². The molecule has 0 heterocycles. The second-order valence-electron chi connectivity index (χ2n) is 3.21. The predicted octanol–water partition coefficient (Wildman–Crippen LogP) is 1.57. The molecule has 0 unspecified atom stereocenters. The number of thiol groups is 1. The molecule has 0 bridgehead atoms. The molecule has 0 aliphatic rings. The maximum absolute atomic E-state index is 10.9. The van der Waals surface area contributed by atoms with Gasteiger partial charge in [0, 0.05) is 19.4 Å². The second kappa shape index (κ2) is 9.06. The molecule has 0 atom stereocenters. The third-order valence-electron chi connectivity index (χ3n) is 1.99. The van der Waals surface area contributed by atoms with Gasteiger partial charge in [-0.3, -0.25) is 9.59 Å². The molecule has 1 N–H and O–H groups in total. The molecule has 0 aliphatic heterocycles. The van der Waals surface area contributed by atoms with Gasteiger partial charge >= 0.3 is 0 Å². The van der Waals surface area contributed by atoms with Gasteiger partial charge in [0.1, 0.15) is 5.78 Å². The van der Waals surface area contributed by atoms with Gasteiger partial charge in [-0.15, -0.1) is 0 Å². The summed E-state index contributed by atoms with van der Waals surface area (Å²) >= 11 is 3.84. The van der Waals surface area contributed by atoms with Crippen LogP contribution in [0.25, 0.3) is 0 Å². The molecular formula is C10H19NO2S. The van der Waals surface area contributed by atoms with E-state index in [1.807, 2.05) is 6.92 Å². The molecule has 0 aliphatic carbocycles. The number of nitrogens with one attached hydrogen (secondary N) is 1. The lowest BCUT2D eigenvalue weighted by molar-refractivity contribution is -0.119. The van der Waals surface area contributed by atoms with E-state index < -0.39 is 0 Å². The van der Waals surface area contributed by atoms with Crippen molar-refractivity contribution in [3.05, 3.63) is 0 Å². The van der Waals surface area contributed by atoms with Crippen molar-refractivity contribution < 1.29 is 9.59 Å². The van der Waals surface area contributed by atoms with E-state index in [0.29, 0.717) is 25.2 Å². The van der Waals surface area contributed by atoms with Crippen molar-refractivity contribution in [1.29, 1.82) is 0 Å². The minimum absolute atomic E-state index is 0.0297. The number of carbonyl (C=O) groups excluding carboxylic acids is 2. The van der Waals surface area contributed by atoms with E-state index in [2.05, 4.69) is 17.9 Å². The quantitative estimate of drug-likeness (QED) is 0.479. The Bertz CT molecular complexity index is 163. The third-order valence-corrected chi connectivity index (χ3v) is 2.28. The van der Waals surface area contributed by atoms with Crippen LogP contribution in [0.1, 0.15) is 39.0 Å². The minimum atomic E-state index is -0.0297. The van der Waals surface area contributed by atoms with Crippen molar-refractivity contribution in [2.24, 2.45) is 0 Å². The second-order valence-corrected chi connectivity index (χ2v) is 3.53. The molecule has 1 amide bonds. The van der Waals surface area contributed by atoms with Crippen molar-refractivity contribution in [3.8, 4) is 0 Å². The summed E-state index contributed by atoms with van der Waals surface area (Å²) in [5.41, 5.74) is 0. The fourth-order valence-corrected chi connectivity index (χ4v) is 1.20. The Kier molecular flexibility index (Phi) is 8.73. The number of ketones is 1.